The number of hydrogen-bond acceptors (Lipinski definition) is 4. The van der Waals surface area contributed by atoms with Crippen molar-refractivity contribution in [1.29, 1.82) is 0 Å². The quantitative estimate of drug-likeness (QED) is 0.883. The van der Waals surface area contributed by atoms with Crippen LogP contribution in [0.25, 0.3) is 0 Å². The number of aliphatic hydroxyl groups excluding tert-OH is 1. The lowest BCUT2D eigenvalue weighted by molar-refractivity contribution is 0.0788. The Balaban J connectivity index is 2.12. The lowest BCUT2D eigenvalue weighted by Crippen LogP contribution is -2.25. The van der Waals surface area contributed by atoms with E-state index in [1.54, 1.807) is 18.1 Å². The second kappa shape index (κ2) is 7.02. The summed E-state index contributed by atoms with van der Waals surface area (Å²) in [7, 11) is 1.76. The minimum Gasteiger partial charge on any atom is -0.384 e. The van der Waals surface area contributed by atoms with Gasteiger partial charge in [-0.3, -0.25) is 9.78 Å². The van der Waals surface area contributed by atoms with E-state index in [1.165, 1.54) is 11.3 Å². The molecule has 2 rings (SSSR count). The van der Waals surface area contributed by atoms with Gasteiger partial charge in [0.1, 0.15) is 6.61 Å². The van der Waals surface area contributed by atoms with Gasteiger partial charge in [-0.05, 0) is 30.7 Å². The molecule has 108 valence electrons. The number of thiophene rings is 1. The Morgan fingerprint density at radius 3 is 2.95 bits per heavy atom. The minimum atomic E-state index is -0.180. The zero-order valence-electron chi connectivity index (χ0n) is 12.0. The third-order valence-corrected chi connectivity index (χ3v) is 4.02. The van der Waals surface area contributed by atoms with Crippen LogP contribution in [0.4, 0.5) is 0 Å². The van der Waals surface area contributed by atoms with E-state index in [2.05, 4.69) is 16.8 Å². The van der Waals surface area contributed by atoms with Gasteiger partial charge < -0.3 is 10.0 Å². The molecule has 2 aromatic rings. The Hall–Kier alpha value is -2.16. The molecule has 0 saturated carbocycles. The van der Waals surface area contributed by atoms with Crippen LogP contribution in [0.3, 0.4) is 0 Å². The zero-order chi connectivity index (χ0) is 15.2. The molecule has 0 atom stereocenters. The highest BCUT2D eigenvalue weighted by Crippen LogP contribution is 2.22. The predicted molar refractivity (Wildman–Crippen MR) is 83.1 cm³/mol. The molecule has 21 heavy (non-hydrogen) atoms. The molecule has 1 amide bonds. The highest BCUT2D eigenvalue weighted by molar-refractivity contribution is 7.14. The van der Waals surface area contributed by atoms with Gasteiger partial charge in [0.05, 0.1) is 22.0 Å². The molecule has 4 nitrogen and oxygen atoms in total. The number of aryl methyl sites for hydroxylation is 1. The normalized spacial score (nSPS) is 9.86. The SMILES string of the molecule is Cc1cc(C(=O)N(C)Cc2ccccn2)sc1C#CCO. The molecular weight excluding hydrogens is 284 g/mol. The van der Waals surface area contributed by atoms with E-state index >= 15 is 0 Å². The molecule has 5 heteroatoms. The first-order valence-corrected chi connectivity index (χ1v) is 7.29. The van der Waals surface area contributed by atoms with Crippen LogP contribution < -0.4 is 0 Å². The summed E-state index contributed by atoms with van der Waals surface area (Å²) in [4.78, 5) is 19.7. The second-order valence-electron chi connectivity index (χ2n) is 4.56. The Morgan fingerprint density at radius 1 is 1.48 bits per heavy atom. The summed E-state index contributed by atoms with van der Waals surface area (Å²) < 4.78 is 0. The van der Waals surface area contributed by atoms with Crippen LogP contribution in [0.15, 0.2) is 30.5 Å². The molecule has 2 heterocycles. The Morgan fingerprint density at radius 2 is 2.29 bits per heavy atom. The van der Waals surface area contributed by atoms with E-state index in [1.807, 2.05) is 31.2 Å². The Labute approximate surface area is 128 Å². The third kappa shape index (κ3) is 3.91. The first-order valence-electron chi connectivity index (χ1n) is 6.47. The summed E-state index contributed by atoms with van der Waals surface area (Å²) in [6.07, 6.45) is 1.71. The number of carbonyl (C=O) groups is 1. The van der Waals surface area contributed by atoms with Gasteiger partial charge in [-0.2, -0.15) is 0 Å². The summed E-state index contributed by atoms with van der Waals surface area (Å²) in [6.45, 7) is 2.20. The van der Waals surface area contributed by atoms with Crippen molar-refractivity contribution >= 4 is 17.2 Å². The molecule has 0 unspecified atom stereocenters. The van der Waals surface area contributed by atoms with Crippen LogP contribution in [0.5, 0.6) is 0 Å². The fourth-order valence-electron chi connectivity index (χ4n) is 1.83. The maximum atomic E-state index is 12.4. The van der Waals surface area contributed by atoms with E-state index < -0.39 is 0 Å². The van der Waals surface area contributed by atoms with Gasteiger partial charge in [0, 0.05) is 13.2 Å². The predicted octanol–water partition coefficient (Wildman–Crippen LogP) is 2.07. The van der Waals surface area contributed by atoms with Crippen LogP contribution in [-0.4, -0.2) is 34.6 Å². The third-order valence-electron chi connectivity index (χ3n) is 2.88. The van der Waals surface area contributed by atoms with E-state index in [0.717, 1.165) is 16.1 Å². The minimum absolute atomic E-state index is 0.0502. The van der Waals surface area contributed by atoms with Gasteiger partial charge in [0.25, 0.3) is 5.91 Å². The van der Waals surface area contributed by atoms with Crippen LogP contribution in [0.2, 0.25) is 0 Å². The molecule has 0 aliphatic carbocycles. The summed E-state index contributed by atoms with van der Waals surface area (Å²) in [5.74, 6) is 5.42. The van der Waals surface area contributed by atoms with Crippen LogP contribution in [-0.2, 0) is 6.54 Å². The standard InChI is InChI=1S/C16H16N2O2S/c1-12-10-15(21-14(12)7-5-9-19)16(20)18(2)11-13-6-3-4-8-17-13/h3-4,6,8,10,19H,9,11H2,1-2H3. The summed E-state index contributed by atoms with van der Waals surface area (Å²) >= 11 is 1.35. The van der Waals surface area contributed by atoms with Crippen molar-refractivity contribution in [2.45, 2.75) is 13.5 Å². The van der Waals surface area contributed by atoms with Crippen molar-refractivity contribution in [3.63, 3.8) is 0 Å². The fourth-order valence-corrected chi connectivity index (χ4v) is 2.87. The highest BCUT2D eigenvalue weighted by atomic mass is 32.1. The number of aromatic nitrogens is 1. The topological polar surface area (TPSA) is 53.4 Å². The number of aliphatic hydroxyl groups is 1. The summed E-state index contributed by atoms with van der Waals surface area (Å²) in [6, 6.07) is 7.48. The molecule has 0 spiro atoms. The summed E-state index contributed by atoms with van der Waals surface area (Å²) in [5, 5.41) is 8.74. The molecule has 0 aromatic carbocycles. The molecule has 0 aliphatic rings. The van der Waals surface area contributed by atoms with Gasteiger partial charge in [-0.1, -0.05) is 17.9 Å². The number of rotatable bonds is 3. The Kier molecular flexibility index (Phi) is 5.09. The smallest absolute Gasteiger partial charge is 0.264 e. The van der Waals surface area contributed by atoms with Gasteiger partial charge in [-0.15, -0.1) is 11.3 Å². The largest absolute Gasteiger partial charge is 0.384 e. The number of pyridine rings is 1. The van der Waals surface area contributed by atoms with Gasteiger partial charge in [0.15, 0.2) is 0 Å². The molecule has 2 aromatic heterocycles. The number of carbonyl (C=O) groups excluding carboxylic acids is 1. The van der Waals surface area contributed by atoms with Crippen molar-refractivity contribution in [2.75, 3.05) is 13.7 Å². The maximum Gasteiger partial charge on any atom is 0.264 e. The van der Waals surface area contributed by atoms with E-state index in [4.69, 9.17) is 5.11 Å². The van der Waals surface area contributed by atoms with Crippen LogP contribution in [0, 0.1) is 18.8 Å². The van der Waals surface area contributed by atoms with E-state index in [0.29, 0.717) is 11.4 Å². The van der Waals surface area contributed by atoms with Crippen molar-refractivity contribution in [1.82, 2.24) is 9.88 Å². The zero-order valence-corrected chi connectivity index (χ0v) is 12.8. The molecule has 1 N–H and O–H groups in total. The van der Waals surface area contributed by atoms with Crippen LogP contribution >= 0.6 is 11.3 Å². The number of amides is 1. The van der Waals surface area contributed by atoms with Crippen LogP contribution in [0.1, 0.15) is 25.8 Å². The highest BCUT2D eigenvalue weighted by Gasteiger charge is 2.16. The van der Waals surface area contributed by atoms with Crippen molar-refractivity contribution in [2.24, 2.45) is 0 Å². The fraction of sp³-hybridized carbons (Fsp3) is 0.250. The second-order valence-corrected chi connectivity index (χ2v) is 5.62. The Bertz CT molecular complexity index is 683. The number of nitrogens with zero attached hydrogens (tertiary/aromatic N) is 2. The number of hydrogen-bond donors (Lipinski definition) is 1. The van der Waals surface area contributed by atoms with E-state index in [-0.39, 0.29) is 12.5 Å². The van der Waals surface area contributed by atoms with Crippen molar-refractivity contribution in [3.05, 3.63) is 51.5 Å². The molecule has 0 fully saturated rings. The van der Waals surface area contributed by atoms with Gasteiger partial charge >= 0.3 is 0 Å². The lowest BCUT2D eigenvalue weighted by atomic mass is 10.2. The van der Waals surface area contributed by atoms with E-state index in [9.17, 15) is 4.79 Å². The molecular formula is C16H16N2O2S. The molecule has 0 radical (unpaired) electrons. The molecule has 0 bridgehead atoms. The van der Waals surface area contributed by atoms with Crippen molar-refractivity contribution in [3.8, 4) is 11.8 Å². The average Bonchev–Trinajstić information content (AvgIpc) is 2.86. The van der Waals surface area contributed by atoms with Gasteiger partial charge in [0.2, 0.25) is 0 Å². The van der Waals surface area contributed by atoms with Gasteiger partial charge in [-0.25, -0.2) is 0 Å². The lowest BCUT2D eigenvalue weighted by Gasteiger charge is -2.15. The molecule has 0 aliphatic heterocycles. The maximum absolute atomic E-state index is 12.4. The van der Waals surface area contributed by atoms with Crippen molar-refractivity contribution < 1.29 is 9.90 Å². The first-order chi connectivity index (χ1) is 10.1. The summed E-state index contributed by atoms with van der Waals surface area (Å²) in [5.41, 5.74) is 1.80. The monoisotopic (exact) mass is 300 g/mol. The average molecular weight is 300 g/mol. The first kappa shape index (κ1) is 15.2. The molecule has 0 saturated heterocycles.